The van der Waals surface area contributed by atoms with E-state index in [1.54, 1.807) is 17.9 Å². The Morgan fingerprint density at radius 2 is 1.69 bits per heavy atom. The highest BCUT2D eigenvalue weighted by atomic mass is 16.2. The molecule has 0 bridgehead atoms. The number of carbonyl (C=O) groups is 2. The number of piperidine rings is 1. The molecule has 1 saturated heterocycles. The normalized spacial score (nSPS) is 14.7. The van der Waals surface area contributed by atoms with Crippen LogP contribution in [-0.4, -0.2) is 40.0 Å². The van der Waals surface area contributed by atoms with Crippen molar-refractivity contribution in [3.63, 3.8) is 0 Å². The van der Waals surface area contributed by atoms with E-state index in [0.29, 0.717) is 42.7 Å². The minimum Gasteiger partial charge on any atom is -0.343 e. The third kappa shape index (κ3) is 3.89. The number of benzene rings is 2. The van der Waals surface area contributed by atoms with E-state index in [9.17, 15) is 14.4 Å². The predicted octanol–water partition coefficient (Wildman–Crippen LogP) is 2.79. The summed E-state index contributed by atoms with van der Waals surface area (Å²) in [6.45, 7) is 2.80. The number of anilines is 1. The molecule has 148 valence electrons. The van der Waals surface area contributed by atoms with Gasteiger partial charge in [-0.05, 0) is 31.0 Å². The molecule has 0 radical (unpaired) electrons. The maximum atomic E-state index is 12.5. The van der Waals surface area contributed by atoms with Crippen LogP contribution in [0.25, 0.3) is 22.0 Å². The topological polar surface area (TPSA) is 95.2 Å². The Morgan fingerprint density at radius 3 is 2.34 bits per heavy atom. The fraction of sp³-hybridized carbons (Fsp3) is 0.273. The van der Waals surface area contributed by atoms with E-state index >= 15 is 0 Å². The van der Waals surface area contributed by atoms with Crippen molar-refractivity contribution >= 4 is 28.3 Å². The summed E-state index contributed by atoms with van der Waals surface area (Å²) in [5.41, 5.74) is 2.03. The quantitative estimate of drug-likeness (QED) is 0.719. The summed E-state index contributed by atoms with van der Waals surface area (Å²) >= 11 is 0. The monoisotopic (exact) mass is 390 g/mol. The molecule has 2 heterocycles. The van der Waals surface area contributed by atoms with Crippen molar-refractivity contribution in [1.82, 2.24) is 15.1 Å². The third-order valence-corrected chi connectivity index (χ3v) is 5.43. The molecule has 29 heavy (non-hydrogen) atoms. The molecule has 0 aliphatic carbocycles. The van der Waals surface area contributed by atoms with E-state index in [1.165, 1.54) is 0 Å². The zero-order valence-corrected chi connectivity index (χ0v) is 16.1. The molecule has 3 aromatic rings. The van der Waals surface area contributed by atoms with Crippen LogP contribution in [0.5, 0.6) is 0 Å². The second-order valence-corrected chi connectivity index (χ2v) is 7.29. The highest BCUT2D eigenvalue weighted by Gasteiger charge is 2.26. The van der Waals surface area contributed by atoms with Crippen molar-refractivity contribution in [2.45, 2.75) is 19.8 Å². The smallest absolute Gasteiger partial charge is 0.272 e. The molecule has 1 fully saturated rings. The number of amides is 2. The molecule has 1 aromatic heterocycles. The number of rotatable bonds is 3. The number of hydrogen-bond acceptors (Lipinski definition) is 4. The lowest BCUT2D eigenvalue weighted by Crippen LogP contribution is -2.40. The molecule has 0 saturated carbocycles. The van der Waals surface area contributed by atoms with Gasteiger partial charge in [0.2, 0.25) is 11.8 Å². The summed E-state index contributed by atoms with van der Waals surface area (Å²) in [7, 11) is 0. The maximum absolute atomic E-state index is 12.5. The maximum Gasteiger partial charge on any atom is 0.272 e. The molecule has 7 heteroatoms. The molecule has 2 N–H and O–H groups in total. The summed E-state index contributed by atoms with van der Waals surface area (Å²) in [6.07, 6.45) is 1.35. The molecule has 0 unspecified atom stereocenters. The Kier molecular flexibility index (Phi) is 5.12. The Hall–Kier alpha value is -3.48. The van der Waals surface area contributed by atoms with Crippen LogP contribution in [0.2, 0.25) is 0 Å². The van der Waals surface area contributed by atoms with Crippen molar-refractivity contribution < 1.29 is 9.59 Å². The zero-order chi connectivity index (χ0) is 20.4. The van der Waals surface area contributed by atoms with E-state index in [2.05, 4.69) is 15.5 Å². The SMILES string of the molecule is CC(=O)N1CCC(C(=O)Nc2ccc(-c3n[nH]c(=O)c4ccccc34)cc2)CC1. The van der Waals surface area contributed by atoms with Gasteiger partial charge in [0.25, 0.3) is 5.56 Å². The second-order valence-electron chi connectivity index (χ2n) is 7.29. The lowest BCUT2D eigenvalue weighted by molar-refractivity contribution is -0.132. The van der Waals surface area contributed by atoms with Crippen LogP contribution in [0.1, 0.15) is 19.8 Å². The summed E-state index contributed by atoms with van der Waals surface area (Å²) in [6, 6.07) is 14.8. The fourth-order valence-corrected chi connectivity index (χ4v) is 3.75. The van der Waals surface area contributed by atoms with Crippen molar-refractivity contribution in [3.05, 3.63) is 58.9 Å². The minimum absolute atomic E-state index is 0.0198. The van der Waals surface area contributed by atoms with Gasteiger partial charge in [0.1, 0.15) is 0 Å². The van der Waals surface area contributed by atoms with Crippen LogP contribution < -0.4 is 10.9 Å². The summed E-state index contributed by atoms with van der Waals surface area (Å²) in [5, 5.41) is 11.1. The molecule has 7 nitrogen and oxygen atoms in total. The molecule has 1 aliphatic heterocycles. The number of likely N-dealkylation sites (tertiary alicyclic amines) is 1. The van der Waals surface area contributed by atoms with E-state index in [1.807, 2.05) is 42.5 Å². The van der Waals surface area contributed by atoms with Crippen molar-refractivity contribution in [1.29, 1.82) is 0 Å². The summed E-state index contributed by atoms with van der Waals surface area (Å²) < 4.78 is 0. The van der Waals surface area contributed by atoms with Gasteiger partial charge in [-0.1, -0.05) is 30.3 Å². The van der Waals surface area contributed by atoms with Gasteiger partial charge >= 0.3 is 0 Å². The second kappa shape index (κ2) is 7.87. The minimum atomic E-state index is -0.218. The lowest BCUT2D eigenvalue weighted by atomic mass is 9.95. The lowest BCUT2D eigenvalue weighted by Gasteiger charge is -2.30. The first-order valence-electron chi connectivity index (χ1n) is 9.67. The third-order valence-electron chi connectivity index (χ3n) is 5.43. The molecule has 0 spiro atoms. The molecule has 1 aliphatic rings. The largest absolute Gasteiger partial charge is 0.343 e. The van der Waals surface area contributed by atoms with Crippen LogP contribution in [0.15, 0.2) is 53.3 Å². The van der Waals surface area contributed by atoms with Gasteiger partial charge in [-0.25, -0.2) is 5.10 Å². The van der Waals surface area contributed by atoms with Crippen LogP contribution in [0.4, 0.5) is 5.69 Å². The Bertz CT molecular complexity index is 1110. The average Bonchev–Trinajstić information content (AvgIpc) is 2.75. The Labute approximate surface area is 167 Å². The van der Waals surface area contributed by atoms with Gasteiger partial charge in [-0.3, -0.25) is 14.4 Å². The van der Waals surface area contributed by atoms with Gasteiger partial charge in [0.15, 0.2) is 0 Å². The van der Waals surface area contributed by atoms with Gasteiger partial charge in [0.05, 0.1) is 11.1 Å². The zero-order valence-electron chi connectivity index (χ0n) is 16.1. The number of fused-ring (bicyclic) bond motifs is 1. The molecule has 4 rings (SSSR count). The molecular weight excluding hydrogens is 368 g/mol. The Balaban J connectivity index is 1.48. The molecule has 2 aromatic carbocycles. The van der Waals surface area contributed by atoms with Gasteiger partial charge in [-0.15, -0.1) is 0 Å². The van der Waals surface area contributed by atoms with Crippen LogP contribution in [-0.2, 0) is 9.59 Å². The first kappa shape index (κ1) is 18.9. The predicted molar refractivity (Wildman–Crippen MR) is 111 cm³/mol. The van der Waals surface area contributed by atoms with E-state index in [-0.39, 0.29) is 23.3 Å². The van der Waals surface area contributed by atoms with Crippen LogP contribution in [0, 0.1) is 5.92 Å². The van der Waals surface area contributed by atoms with Crippen molar-refractivity contribution in [2.24, 2.45) is 5.92 Å². The fourth-order valence-electron chi connectivity index (χ4n) is 3.75. The average molecular weight is 390 g/mol. The highest BCUT2D eigenvalue weighted by molar-refractivity contribution is 5.95. The molecule has 0 atom stereocenters. The number of carbonyl (C=O) groups excluding carboxylic acids is 2. The van der Waals surface area contributed by atoms with Crippen molar-refractivity contribution in [3.8, 4) is 11.3 Å². The number of aromatic amines is 1. The van der Waals surface area contributed by atoms with E-state index in [0.717, 1.165) is 10.9 Å². The number of hydrogen-bond donors (Lipinski definition) is 2. The first-order valence-corrected chi connectivity index (χ1v) is 9.67. The molecular formula is C22H22N4O3. The standard InChI is InChI=1S/C22H22N4O3/c1-14(27)26-12-10-16(11-13-26)21(28)23-17-8-6-15(7-9-17)20-18-4-2-3-5-19(18)22(29)25-24-20/h2-9,16H,10-13H2,1H3,(H,23,28)(H,25,29). The number of H-pyrrole nitrogens is 1. The number of aromatic nitrogens is 2. The summed E-state index contributed by atoms with van der Waals surface area (Å²) in [4.78, 5) is 37.7. The molecule has 2 amide bonds. The Morgan fingerprint density at radius 1 is 1.03 bits per heavy atom. The van der Waals surface area contributed by atoms with Crippen LogP contribution in [0.3, 0.4) is 0 Å². The highest BCUT2D eigenvalue weighted by Crippen LogP contribution is 2.26. The van der Waals surface area contributed by atoms with Gasteiger partial charge in [-0.2, -0.15) is 5.10 Å². The number of nitrogens with zero attached hydrogens (tertiary/aromatic N) is 2. The van der Waals surface area contributed by atoms with Crippen molar-refractivity contribution in [2.75, 3.05) is 18.4 Å². The summed E-state index contributed by atoms with van der Waals surface area (Å²) in [5.74, 6) is -0.0495. The van der Waals surface area contributed by atoms with Gasteiger partial charge < -0.3 is 10.2 Å². The van der Waals surface area contributed by atoms with E-state index < -0.39 is 0 Å². The first-order chi connectivity index (χ1) is 14.0. The van der Waals surface area contributed by atoms with Crippen LogP contribution >= 0.6 is 0 Å². The van der Waals surface area contributed by atoms with Gasteiger partial charge in [0, 0.05) is 42.6 Å². The van der Waals surface area contributed by atoms with E-state index in [4.69, 9.17) is 0 Å². The number of nitrogens with one attached hydrogen (secondary N) is 2.